The third-order valence-corrected chi connectivity index (χ3v) is 9.51. The van der Waals surface area contributed by atoms with E-state index < -0.39 is 5.41 Å². The first-order valence-electron chi connectivity index (χ1n) is 14.5. The van der Waals surface area contributed by atoms with Gasteiger partial charge in [-0.3, -0.25) is 14.6 Å². The molecule has 0 bridgehead atoms. The Morgan fingerprint density at radius 2 is 1.51 bits per heavy atom. The van der Waals surface area contributed by atoms with Crippen molar-refractivity contribution in [3.63, 3.8) is 0 Å². The number of amides is 1. The molecule has 1 amide bonds. The molecule has 8 heteroatoms. The van der Waals surface area contributed by atoms with Crippen LogP contribution in [0.3, 0.4) is 0 Å². The molecule has 5 rings (SSSR count). The fraction of sp³-hybridized carbons (Fsp3) is 0.424. The maximum Gasteiger partial charge on any atom is 0.237 e. The summed E-state index contributed by atoms with van der Waals surface area (Å²) >= 11 is 12.7. The number of β-amino-alcohol motifs (C(OH)–C–C–N with tert-alkyl or cyclic N) is 1. The molecule has 0 aromatic heterocycles. The van der Waals surface area contributed by atoms with E-state index in [-0.39, 0.29) is 18.1 Å². The van der Waals surface area contributed by atoms with E-state index in [9.17, 15) is 9.90 Å². The van der Waals surface area contributed by atoms with Crippen molar-refractivity contribution in [1.82, 2.24) is 14.7 Å². The highest BCUT2D eigenvalue weighted by atomic mass is 35.5. The molecule has 6 nitrogen and oxygen atoms in total. The van der Waals surface area contributed by atoms with Gasteiger partial charge in [-0.15, -0.1) is 0 Å². The molecule has 41 heavy (non-hydrogen) atoms. The fourth-order valence-electron chi connectivity index (χ4n) is 6.57. The summed E-state index contributed by atoms with van der Waals surface area (Å²) in [4.78, 5) is 22.9. The van der Waals surface area contributed by atoms with Gasteiger partial charge in [-0.1, -0.05) is 89.9 Å². The van der Waals surface area contributed by atoms with Gasteiger partial charge >= 0.3 is 0 Å². The van der Waals surface area contributed by atoms with Crippen LogP contribution in [-0.2, 0) is 10.2 Å². The van der Waals surface area contributed by atoms with Crippen molar-refractivity contribution in [2.75, 3.05) is 64.8 Å². The van der Waals surface area contributed by atoms with Gasteiger partial charge in [0.2, 0.25) is 5.91 Å². The number of benzene rings is 3. The molecule has 3 aromatic carbocycles. The predicted molar refractivity (Wildman–Crippen MR) is 168 cm³/mol. The minimum absolute atomic E-state index is 0.0713. The van der Waals surface area contributed by atoms with Crippen LogP contribution in [0, 0.1) is 0 Å². The molecular formula is C33H40Cl2N4O2. The van der Waals surface area contributed by atoms with Crippen molar-refractivity contribution in [3.05, 3.63) is 100 Å². The predicted octanol–water partition coefficient (Wildman–Crippen LogP) is 5.02. The van der Waals surface area contributed by atoms with Crippen molar-refractivity contribution in [1.29, 1.82) is 0 Å². The van der Waals surface area contributed by atoms with Crippen LogP contribution in [0.4, 0.5) is 5.69 Å². The van der Waals surface area contributed by atoms with Gasteiger partial charge in [0.05, 0.1) is 21.8 Å². The highest BCUT2D eigenvalue weighted by Crippen LogP contribution is 2.39. The van der Waals surface area contributed by atoms with Crippen LogP contribution in [0.2, 0.25) is 10.0 Å². The Bertz CT molecular complexity index is 1260. The summed E-state index contributed by atoms with van der Waals surface area (Å²) in [5.74, 6) is 0.0713. The minimum Gasteiger partial charge on any atom is -0.392 e. The maximum absolute atomic E-state index is 14.1. The number of nitrogens with zero attached hydrogens (tertiary/aromatic N) is 4. The molecule has 0 saturated carbocycles. The number of hydrogen-bond donors (Lipinski definition) is 1. The quantitative estimate of drug-likeness (QED) is 0.377. The lowest BCUT2D eigenvalue weighted by Crippen LogP contribution is -2.51. The largest absolute Gasteiger partial charge is 0.392 e. The van der Waals surface area contributed by atoms with Crippen molar-refractivity contribution >= 4 is 34.8 Å². The minimum atomic E-state index is -0.814. The zero-order valence-electron chi connectivity index (χ0n) is 23.9. The Morgan fingerprint density at radius 3 is 2.10 bits per heavy atom. The van der Waals surface area contributed by atoms with Crippen LogP contribution < -0.4 is 4.90 Å². The number of aliphatic hydroxyl groups excluding tert-OH is 1. The summed E-state index contributed by atoms with van der Waals surface area (Å²) in [6.45, 7) is 5.80. The first-order valence-corrected chi connectivity index (χ1v) is 15.2. The second-order valence-corrected chi connectivity index (χ2v) is 12.3. The second-order valence-electron chi connectivity index (χ2n) is 11.5. The average Bonchev–Trinajstić information content (AvgIpc) is 3.34. The molecule has 2 heterocycles. The van der Waals surface area contributed by atoms with E-state index >= 15 is 0 Å². The number of piperazine rings is 1. The van der Waals surface area contributed by atoms with Crippen molar-refractivity contribution < 1.29 is 9.90 Å². The van der Waals surface area contributed by atoms with E-state index in [0.717, 1.165) is 56.0 Å². The van der Waals surface area contributed by atoms with Gasteiger partial charge in [0, 0.05) is 66.0 Å². The lowest BCUT2D eigenvalue weighted by molar-refractivity contribution is -0.133. The second kappa shape index (κ2) is 13.1. The first kappa shape index (κ1) is 29.9. The van der Waals surface area contributed by atoms with Crippen LogP contribution in [-0.4, -0.2) is 97.8 Å². The summed E-state index contributed by atoms with van der Waals surface area (Å²) in [6.07, 6.45) is 1.01. The lowest BCUT2D eigenvalue weighted by atomic mass is 9.70. The van der Waals surface area contributed by atoms with E-state index in [0.29, 0.717) is 29.6 Å². The normalized spacial score (nSPS) is 20.4. The number of anilines is 1. The van der Waals surface area contributed by atoms with Crippen LogP contribution in [0.1, 0.15) is 24.0 Å². The molecule has 2 aliphatic rings. The smallest absolute Gasteiger partial charge is 0.237 e. The molecule has 1 N–H and O–H groups in total. The Labute approximate surface area is 254 Å². The van der Waals surface area contributed by atoms with Crippen LogP contribution >= 0.6 is 23.2 Å². The van der Waals surface area contributed by atoms with E-state index in [1.807, 2.05) is 68.7 Å². The van der Waals surface area contributed by atoms with Crippen molar-refractivity contribution in [3.8, 4) is 0 Å². The van der Waals surface area contributed by atoms with Gasteiger partial charge in [-0.25, -0.2) is 0 Å². The summed E-state index contributed by atoms with van der Waals surface area (Å²) < 4.78 is 0. The highest BCUT2D eigenvalue weighted by molar-refractivity contribution is 6.43. The van der Waals surface area contributed by atoms with Crippen LogP contribution in [0.15, 0.2) is 78.9 Å². The zero-order chi connectivity index (χ0) is 29.0. The summed E-state index contributed by atoms with van der Waals surface area (Å²) in [5.41, 5.74) is 2.17. The third-order valence-electron chi connectivity index (χ3n) is 8.70. The number of carbonyl (C=O) groups is 1. The topological polar surface area (TPSA) is 50.3 Å². The summed E-state index contributed by atoms with van der Waals surface area (Å²) in [6, 6.07) is 26.3. The molecule has 2 aliphatic heterocycles. The van der Waals surface area contributed by atoms with E-state index in [2.05, 4.69) is 39.0 Å². The summed E-state index contributed by atoms with van der Waals surface area (Å²) in [7, 11) is 3.67. The molecule has 0 aliphatic carbocycles. The Kier molecular flexibility index (Phi) is 9.57. The van der Waals surface area contributed by atoms with Gasteiger partial charge in [0.15, 0.2) is 0 Å². The monoisotopic (exact) mass is 594 g/mol. The Hall–Kier alpha value is -2.61. The molecule has 2 fully saturated rings. The number of carbonyl (C=O) groups excluding carboxylic acids is 1. The number of likely N-dealkylation sites (tertiary alicyclic amines) is 1. The molecule has 3 aromatic rings. The number of aliphatic hydroxyl groups is 1. The average molecular weight is 596 g/mol. The molecular weight excluding hydrogens is 555 g/mol. The number of halogens is 2. The number of rotatable bonds is 9. The molecule has 0 spiro atoms. The molecule has 0 unspecified atom stereocenters. The van der Waals surface area contributed by atoms with Gasteiger partial charge in [0.1, 0.15) is 5.41 Å². The van der Waals surface area contributed by atoms with Gasteiger partial charge < -0.3 is 14.9 Å². The highest BCUT2D eigenvalue weighted by Gasteiger charge is 2.44. The fourth-order valence-corrected chi connectivity index (χ4v) is 6.99. The molecule has 2 atom stereocenters. The maximum atomic E-state index is 14.1. The SMILES string of the molecule is CN(C)C(=O)C(CCN1C[C@H](O)C[C@H]1CN1CCN(c2cccc(Cl)c2Cl)CC1)(c1ccccc1)c1ccccc1. The van der Waals surface area contributed by atoms with Gasteiger partial charge in [-0.05, 0) is 36.1 Å². The molecule has 2 saturated heterocycles. The first-order chi connectivity index (χ1) is 19.8. The van der Waals surface area contributed by atoms with E-state index in [1.54, 1.807) is 4.90 Å². The Morgan fingerprint density at radius 1 is 0.902 bits per heavy atom. The van der Waals surface area contributed by atoms with Crippen LogP contribution in [0.25, 0.3) is 0 Å². The van der Waals surface area contributed by atoms with Crippen molar-refractivity contribution in [2.45, 2.75) is 30.4 Å². The number of hydrogen-bond acceptors (Lipinski definition) is 5. The van der Waals surface area contributed by atoms with Gasteiger partial charge in [0.25, 0.3) is 0 Å². The molecule has 218 valence electrons. The summed E-state index contributed by atoms with van der Waals surface area (Å²) in [5, 5.41) is 11.9. The third kappa shape index (κ3) is 6.42. The van der Waals surface area contributed by atoms with E-state index in [4.69, 9.17) is 23.2 Å². The van der Waals surface area contributed by atoms with E-state index in [1.165, 1.54) is 0 Å². The standard InChI is InChI=1S/C33H40Cl2N4O2/c1-36(2)32(41)33(25-10-5-3-6-11-25,26-12-7-4-8-13-26)16-17-39-24-28(40)22-27(39)23-37-18-20-38(21-19-37)30-15-9-14-29(34)31(30)35/h3-15,27-28,40H,16-24H2,1-2H3/t27-,28+/m0/s1. The lowest BCUT2D eigenvalue weighted by Gasteiger charge is -2.40. The van der Waals surface area contributed by atoms with Crippen molar-refractivity contribution in [2.24, 2.45) is 0 Å². The molecule has 0 radical (unpaired) electrons. The number of likely N-dealkylation sites (N-methyl/N-ethyl adjacent to an activating group) is 1. The Balaban J connectivity index is 1.31. The zero-order valence-corrected chi connectivity index (χ0v) is 25.4. The van der Waals surface area contributed by atoms with Gasteiger partial charge in [-0.2, -0.15) is 0 Å². The van der Waals surface area contributed by atoms with Crippen LogP contribution in [0.5, 0.6) is 0 Å².